The number of aromatic nitrogens is 1. The summed E-state index contributed by atoms with van der Waals surface area (Å²) in [5, 5.41) is 2.78. The molecule has 3 aromatic rings. The fourth-order valence-electron chi connectivity index (χ4n) is 4.15. The molecule has 1 atom stereocenters. The van der Waals surface area contributed by atoms with Gasteiger partial charge in [0.1, 0.15) is 10.3 Å². The number of nitrogens with zero attached hydrogens (tertiary/aromatic N) is 2. The van der Waals surface area contributed by atoms with Gasteiger partial charge in [0, 0.05) is 11.3 Å². The first kappa shape index (κ1) is 21.0. The van der Waals surface area contributed by atoms with Crippen molar-refractivity contribution >= 4 is 34.5 Å². The molecule has 7 nitrogen and oxygen atoms in total. The number of para-hydroxylation sites is 1. The number of carbonyl (C=O) groups excluding carboxylic acids is 2. The van der Waals surface area contributed by atoms with Crippen LogP contribution in [0, 0.1) is 5.82 Å². The van der Waals surface area contributed by atoms with Crippen molar-refractivity contribution in [2.75, 3.05) is 11.9 Å². The first-order valence-corrected chi connectivity index (χ1v) is 11.1. The summed E-state index contributed by atoms with van der Waals surface area (Å²) in [6, 6.07) is 11.9. The second-order valence-electron chi connectivity index (χ2n) is 7.55. The number of fused-ring (bicyclic) bond motifs is 2. The van der Waals surface area contributed by atoms with Crippen LogP contribution < -0.4 is 20.2 Å². The quantitative estimate of drug-likeness (QED) is 0.604. The Morgan fingerprint density at radius 2 is 1.91 bits per heavy atom. The van der Waals surface area contributed by atoms with E-state index in [1.807, 2.05) is 0 Å². The van der Waals surface area contributed by atoms with Gasteiger partial charge in [0.2, 0.25) is 0 Å². The number of rotatable bonds is 3. The van der Waals surface area contributed by atoms with Crippen molar-refractivity contribution in [1.82, 2.24) is 4.57 Å². The number of hydrogen-bond donors (Lipinski definition) is 1. The zero-order chi connectivity index (χ0) is 23.3. The Morgan fingerprint density at radius 3 is 2.64 bits per heavy atom. The topological polar surface area (TPSA) is 89.8 Å². The molecular formula is C24H18FN3O4S. The first-order chi connectivity index (χ1) is 15.9. The zero-order valence-electron chi connectivity index (χ0n) is 17.7. The molecule has 33 heavy (non-hydrogen) atoms. The van der Waals surface area contributed by atoms with Gasteiger partial charge in [0.05, 0.1) is 29.5 Å². The summed E-state index contributed by atoms with van der Waals surface area (Å²) >= 11 is 1.08. The molecule has 0 spiro atoms. The molecule has 1 N–H and O–H groups in total. The van der Waals surface area contributed by atoms with Crippen LogP contribution in [0.25, 0.3) is 5.57 Å². The summed E-state index contributed by atoms with van der Waals surface area (Å²) in [6.07, 6.45) is 0. The van der Waals surface area contributed by atoms with E-state index >= 15 is 0 Å². The van der Waals surface area contributed by atoms with E-state index in [0.717, 1.165) is 11.3 Å². The van der Waals surface area contributed by atoms with E-state index in [4.69, 9.17) is 4.74 Å². The molecule has 0 unspecified atom stereocenters. The van der Waals surface area contributed by atoms with Gasteiger partial charge in [-0.05, 0) is 37.6 Å². The van der Waals surface area contributed by atoms with Crippen LogP contribution >= 0.6 is 11.3 Å². The summed E-state index contributed by atoms with van der Waals surface area (Å²) in [5.41, 5.74) is 2.20. The summed E-state index contributed by atoms with van der Waals surface area (Å²) < 4.78 is 20.5. The van der Waals surface area contributed by atoms with Crippen LogP contribution in [-0.2, 0) is 14.3 Å². The second-order valence-corrected chi connectivity index (χ2v) is 8.53. The van der Waals surface area contributed by atoms with Gasteiger partial charge in [-0.3, -0.25) is 14.2 Å². The van der Waals surface area contributed by atoms with Crippen molar-refractivity contribution < 1.29 is 18.7 Å². The number of halogens is 1. The third-order valence-corrected chi connectivity index (χ3v) is 6.63. The van der Waals surface area contributed by atoms with Gasteiger partial charge in [-0.2, -0.15) is 0 Å². The number of ether oxygens (including phenoxy) is 1. The van der Waals surface area contributed by atoms with Crippen molar-refractivity contribution in [3.8, 4) is 0 Å². The standard InChI is InChI=1S/C24H18FN3O4S/c1-3-32-23(31)17-12(2)26-24-28(19(17)13-8-10-14(25)11-9-13)22(30)20(33-24)18-15-6-4-5-7-16(15)27-21(18)29/h4-11,19H,3H2,1-2H3,(H,27,29)/b20-18+/t19-/m0/s1. The minimum Gasteiger partial charge on any atom is -0.463 e. The van der Waals surface area contributed by atoms with Gasteiger partial charge < -0.3 is 10.1 Å². The first-order valence-electron chi connectivity index (χ1n) is 10.3. The molecule has 0 saturated carbocycles. The van der Waals surface area contributed by atoms with Crippen molar-refractivity contribution in [2.24, 2.45) is 4.99 Å². The Morgan fingerprint density at radius 1 is 1.18 bits per heavy atom. The van der Waals surface area contributed by atoms with Crippen molar-refractivity contribution in [3.05, 3.63) is 96.4 Å². The second kappa shape index (κ2) is 7.93. The van der Waals surface area contributed by atoms with Crippen molar-refractivity contribution in [1.29, 1.82) is 0 Å². The van der Waals surface area contributed by atoms with E-state index in [2.05, 4.69) is 10.3 Å². The Kier molecular flexibility index (Phi) is 5.05. The maximum absolute atomic E-state index is 13.7. The monoisotopic (exact) mass is 463 g/mol. The highest BCUT2D eigenvalue weighted by Gasteiger charge is 2.35. The average Bonchev–Trinajstić information content (AvgIpc) is 3.28. The average molecular weight is 463 g/mol. The van der Waals surface area contributed by atoms with E-state index in [1.54, 1.807) is 38.1 Å². The lowest BCUT2D eigenvalue weighted by atomic mass is 9.96. The van der Waals surface area contributed by atoms with Gasteiger partial charge in [0.25, 0.3) is 11.5 Å². The highest BCUT2D eigenvalue weighted by molar-refractivity contribution is 7.07. The van der Waals surface area contributed by atoms with Crippen molar-refractivity contribution in [2.45, 2.75) is 19.9 Å². The molecule has 0 bridgehead atoms. The molecule has 2 aliphatic rings. The number of hydrogen-bond acceptors (Lipinski definition) is 6. The molecule has 1 aromatic heterocycles. The fourth-order valence-corrected chi connectivity index (χ4v) is 5.29. The Labute approximate surface area is 191 Å². The summed E-state index contributed by atoms with van der Waals surface area (Å²) in [7, 11) is 0. The Bertz CT molecular complexity index is 1530. The summed E-state index contributed by atoms with van der Waals surface area (Å²) in [5.74, 6) is -1.41. The number of esters is 1. The van der Waals surface area contributed by atoms with Gasteiger partial charge in [-0.15, -0.1) is 0 Å². The molecule has 0 aliphatic carbocycles. The SMILES string of the molecule is CCOC(=O)C1=C(C)N=c2s/c(=C3/C(=O)Nc4ccccc43)c(=O)n2[C@H]1c1ccc(F)cc1. The molecule has 1 amide bonds. The molecule has 2 aromatic carbocycles. The largest absolute Gasteiger partial charge is 0.463 e. The highest BCUT2D eigenvalue weighted by Crippen LogP contribution is 2.32. The van der Waals surface area contributed by atoms with Crippen LogP contribution in [0.2, 0.25) is 0 Å². The zero-order valence-corrected chi connectivity index (χ0v) is 18.5. The number of allylic oxidation sites excluding steroid dienone is 1. The van der Waals surface area contributed by atoms with Crippen LogP contribution in [0.4, 0.5) is 10.1 Å². The number of carbonyl (C=O) groups is 2. The lowest BCUT2D eigenvalue weighted by Crippen LogP contribution is -2.40. The third-order valence-electron chi connectivity index (χ3n) is 5.58. The van der Waals surface area contributed by atoms with Crippen LogP contribution in [0.5, 0.6) is 0 Å². The summed E-state index contributed by atoms with van der Waals surface area (Å²) in [4.78, 5) is 44.2. The molecule has 2 aliphatic heterocycles. The number of nitrogens with one attached hydrogen (secondary N) is 1. The number of benzene rings is 2. The highest BCUT2D eigenvalue weighted by atomic mass is 32.1. The van der Waals surface area contributed by atoms with Crippen LogP contribution in [0.15, 0.2) is 69.6 Å². The molecule has 9 heteroatoms. The van der Waals surface area contributed by atoms with Gasteiger partial charge in [-0.1, -0.05) is 41.7 Å². The van der Waals surface area contributed by atoms with E-state index in [1.165, 1.54) is 28.8 Å². The normalized spacial score (nSPS) is 18.4. The predicted molar refractivity (Wildman–Crippen MR) is 121 cm³/mol. The smallest absolute Gasteiger partial charge is 0.338 e. The van der Waals surface area contributed by atoms with E-state index in [0.29, 0.717) is 27.3 Å². The van der Waals surface area contributed by atoms with E-state index < -0.39 is 23.4 Å². The van der Waals surface area contributed by atoms with Gasteiger partial charge >= 0.3 is 5.97 Å². The number of amides is 1. The lowest BCUT2D eigenvalue weighted by molar-refractivity contribution is -0.139. The molecule has 166 valence electrons. The van der Waals surface area contributed by atoms with Crippen LogP contribution in [-0.4, -0.2) is 23.1 Å². The lowest BCUT2D eigenvalue weighted by Gasteiger charge is -2.24. The number of thiazole rings is 1. The van der Waals surface area contributed by atoms with Crippen molar-refractivity contribution in [3.63, 3.8) is 0 Å². The Hall–Kier alpha value is -3.85. The maximum Gasteiger partial charge on any atom is 0.338 e. The van der Waals surface area contributed by atoms with E-state index in [9.17, 15) is 18.8 Å². The Balaban J connectivity index is 1.82. The summed E-state index contributed by atoms with van der Waals surface area (Å²) in [6.45, 7) is 3.51. The molecular weight excluding hydrogens is 445 g/mol. The minimum absolute atomic E-state index is 0.150. The fraction of sp³-hybridized carbons (Fsp3) is 0.167. The predicted octanol–water partition coefficient (Wildman–Crippen LogP) is 2.26. The number of anilines is 1. The molecule has 3 heterocycles. The van der Waals surface area contributed by atoms with Crippen LogP contribution in [0.3, 0.4) is 0 Å². The molecule has 5 rings (SSSR count). The van der Waals surface area contributed by atoms with Gasteiger partial charge in [0.15, 0.2) is 4.80 Å². The van der Waals surface area contributed by atoms with E-state index in [-0.39, 0.29) is 28.2 Å². The maximum atomic E-state index is 13.7. The van der Waals surface area contributed by atoms with Gasteiger partial charge in [-0.25, -0.2) is 14.2 Å². The molecule has 0 saturated heterocycles. The van der Waals surface area contributed by atoms with Crippen LogP contribution in [0.1, 0.15) is 31.0 Å². The molecule has 0 radical (unpaired) electrons. The minimum atomic E-state index is -0.866. The molecule has 0 fully saturated rings. The third kappa shape index (κ3) is 3.32.